The van der Waals surface area contributed by atoms with Crippen LogP contribution in [0.1, 0.15) is 47.1 Å². The summed E-state index contributed by atoms with van der Waals surface area (Å²) in [6.07, 6.45) is -0.125. The molecule has 228 valence electrons. The third-order valence-corrected chi connectivity index (χ3v) is 7.80. The fourth-order valence-corrected chi connectivity index (χ4v) is 5.50. The molecule has 1 aliphatic rings. The SMILES string of the molecule is C=CCOC(=O)Nc1cccc([C@@H]2O[C@H](CN(Cc3ccccc3)Cc3ccccc3)[C@H](C)[C@H](c3ccc(CO)cc3)O2)c1. The molecule has 2 N–H and O–H groups in total. The quantitative estimate of drug-likeness (QED) is 0.167. The Labute approximate surface area is 259 Å². The van der Waals surface area contributed by atoms with Crippen molar-refractivity contribution in [1.82, 2.24) is 4.90 Å². The average Bonchev–Trinajstić information content (AvgIpc) is 3.06. The molecule has 7 heteroatoms. The van der Waals surface area contributed by atoms with Crippen LogP contribution in [-0.2, 0) is 33.9 Å². The minimum Gasteiger partial charge on any atom is -0.445 e. The lowest BCUT2D eigenvalue weighted by Gasteiger charge is -2.43. The van der Waals surface area contributed by atoms with E-state index in [0.29, 0.717) is 12.2 Å². The summed E-state index contributed by atoms with van der Waals surface area (Å²) in [4.78, 5) is 14.6. The maximum Gasteiger partial charge on any atom is 0.411 e. The molecule has 1 fully saturated rings. The van der Waals surface area contributed by atoms with E-state index in [1.807, 2.05) is 54.6 Å². The summed E-state index contributed by atoms with van der Waals surface area (Å²) in [5.41, 5.74) is 5.71. The number of hydrogen-bond donors (Lipinski definition) is 2. The Hall–Kier alpha value is -4.27. The number of ether oxygens (including phenoxy) is 3. The number of carbonyl (C=O) groups is 1. The van der Waals surface area contributed by atoms with Crippen molar-refractivity contribution < 1.29 is 24.1 Å². The smallest absolute Gasteiger partial charge is 0.411 e. The topological polar surface area (TPSA) is 80.3 Å². The molecule has 7 nitrogen and oxygen atoms in total. The Morgan fingerprint density at radius 2 is 1.52 bits per heavy atom. The van der Waals surface area contributed by atoms with Crippen molar-refractivity contribution >= 4 is 11.8 Å². The van der Waals surface area contributed by atoms with E-state index in [2.05, 4.69) is 72.3 Å². The van der Waals surface area contributed by atoms with Gasteiger partial charge in [-0.15, -0.1) is 0 Å². The Morgan fingerprint density at radius 1 is 0.864 bits per heavy atom. The molecule has 1 saturated heterocycles. The van der Waals surface area contributed by atoms with Crippen molar-refractivity contribution in [1.29, 1.82) is 0 Å². The molecule has 4 aromatic rings. The molecule has 5 rings (SSSR count). The van der Waals surface area contributed by atoms with Gasteiger partial charge in [0.2, 0.25) is 0 Å². The number of nitrogens with one attached hydrogen (secondary N) is 1. The monoisotopic (exact) mass is 592 g/mol. The van der Waals surface area contributed by atoms with Crippen molar-refractivity contribution in [2.45, 2.75) is 45.1 Å². The summed E-state index contributed by atoms with van der Waals surface area (Å²) in [6, 6.07) is 36.3. The standard InChI is InChI=1S/C37H40N2O5/c1-3-21-42-37(41)38-33-16-10-15-32(22-33)36-43-34(27(2)35(44-36)31-19-17-30(26-40)18-20-31)25-39(23-28-11-6-4-7-12-28)24-29-13-8-5-9-14-29/h3-20,22,27,34-36,40H,1,21,23-26H2,2H3,(H,38,41)/t27-,34+,35+,36+/m0/s1. The molecule has 4 aromatic carbocycles. The highest BCUT2D eigenvalue weighted by Crippen LogP contribution is 2.42. The van der Waals surface area contributed by atoms with E-state index in [4.69, 9.17) is 14.2 Å². The first kappa shape index (κ1) is 31.2. The minimum absolute atomic E-state index is 0.0152. The zero-order valence-corrected chi connectivity index (χ0v) is 25.0. The number of anilines is 1. The third-order valence-electron chi connectivity index (χ3n) is 7.80. The van der Waals surface area contributed by atoms with Crippen LogP contribution in [0.3, 0.4) is 0 Å². The van der Waals surface area contributed by atoms with Gasteiger partial charge in [0, 0.05) is 36.8 Å². The fraction of sp³-hybridized carbons (Fsp3) is 0.270. The molecule has 0 radical (unpaired) electrons. The van der Waals surface area contributed by atoms with Crippen molar-refractivity contribution in [2.24, 2.45) is 5.92 Å². The normalized spacial score (nSPS) is 19.8. The second-order valence-corrected chi connectivity index (χ2v) is 11.1. The largest absolute Gasteiger partial charge is 0.445 e. The van der Waals surface area contributed by atoms with Gasteiger partial charge in [-0.3, -0.25) is 10.2 Å². The predicted octanol–water partition coefficient (Wildman–Crippen LogP) is 7.41. The molecule has 0 spiro atoms. The van der Waals surface area contributed by atoms with Crippen LogP contribution >= 0.6 is 0 Å². The first-order valence-electron chi connectivity index (χ1n) is 15.0. The highest BCUT2D eigenvalue weighted by atomic mass is 16.7. The third kappa shape index (κ3) is 8.42. The van der Waals surface area contributed by atoms with Crippen LogP contribution in [0.25, 0.3) is 0 Å². The summed E-state index contributed by atoms with van der Waals surface area (Å²) < 4.78 is 18.5. The lowest BCUT2D eigenvalue weighted by molar-refractivity contribution is -0.276. The Balaban J connectivity index is 1.43. The average molecular weight is 593 g/mol. The number of carbonyl (C=O) groups excluding carboxylic acids is 1. The Morgan fingerprint density at radius 3 is 2.14 bits per heavy atom. The van der Waals surface area contributed by atoms with Crippen molar-refractivity contribution in [3.8, 4) is 0 Å². The van der Waals surface area contributed by atoms with Gasteiger partial charge in [-0.1, -0.05) is 117 Å². The number of aliphatic hydroxyl groups is 1. The van der Waals surface area contributed by atoms with Crippen LogP contribution in [0.5, 0.6) is 0 Å². The van der Waals surface area contributed by atoms with Crippen molar-refractivity contribution in [3.63, 3.8) is 0 Å². The molecular weight excluding hydrogens is 552 g/mol. The number of benzene rings is 4. The van der Waals surface area contributed by atoms with Gasteiger partial charge < -0.3 is 19.3 Å². The zero-order valence-electron chi connectivity index (χ0n) is 25.0. The van der Waals surface area contributed by atoms with Crippen LogP contribution in [0.2, 0.25) is 0 Å². The first-order chi connectivity index (χ1) is 21.5. The molecule has 4 atom stereocenters. The molecule has 0 saturated carbocycles. The van der Waals surface area contributed by atoms with Gasteiger partial charge in [0.1, 0.15) is 6.61 Å². The molecule has 44 heavy (non-hydrogen) atoms. The molecule has 1 aliphatic heterocycles. The van der Waals surface area contributed by atoms with E-state index in [1.165, 1.54) is 17.2 Å². The van der Waals surface area contributed by atoms with Gasteiger partial charge in [0.15, 0.2) is 6.29 Å². The zero-order chi connectivity index (χ0) is 30.7. The van der Waals surface area contributed by atoms with Gasteiger partial charge >= 0.3 is 6.09 Å². The fourth-order valence-electron chi connectivity index (χ4n) is 5.50. The van der Waals surface area contributed by atoms with Crippen LogP contribution in [0.15, 0.2) is 122 Å². The van der Waals surface area contributed by atoms with Gasteiger partial charge in [-0.2, -0.15) is 0 Å². The number of aliphatic hydroxyl groups excluding tert-OH is 1. The summed E-state index contributed by atoms with van der Waals surface area (Å²) in [5, 5.41) is 12.4. The highest BCUT2D eigenvalue weighted by Gasteiger charge is 2.39. The number of amides is 1. The molecular formula is C37H40N2O5. The van der Waals surface area contributed by atoms with E-state index in [0.717, 1.165) is 29.8 Å². The van der Waals surface area contributed by atoms with E-state index < -0.39 is 12.4 Å². The highest BCUT2D eigenvalue weighted by molar-refractivity contribution is 5.84. The molecule has 1 amide bonds. The van der Waals surface area contributed by atoms with Gasteiger partial charge in [0.25, 0.3) is 0 Å². The van der Waals surface area contributed by atoms with Crippen LogP contribution in [0.4, 0.5) is 10.5 Å². The van der Waals surface area contributed by atoms with Crippen LogP contribution in [-0.4, -0.2) is 35.4 Å². The van der Waals surface area contributed by atoms with E-state index >= 15 is 0 Å². The van der Waals surface area contributed by atoms with E-state index in [1.54, 1.807) is 6.07 Å². The molecule has 0 aromatic heterocycles. The second kappa shape index (κ2) is 15.5. The summed E-state index contributed by atoms with van der Waals surface area (Å²) in [7, 11) is 0. The molecule has 0 bridgehead atoms. The van der Waals surface area contributed by atoms with E-state index in [-0.39, 0.29) is 31.3 Å². The maximum atomic E-state index is 12.2. The molecule has 1 heterocycles. The van der Waals surface area contributed by atoms with Gasteiger partial charge in [0.05, 0.1) is 18.8 Å². The van der Waals surface area contributed by atoms with Gasteiger partial charge in [-0.25, -0.2) is 4.79 Å². The predicted molar refractivity (Wildman–Crippen MR) is 172 cm³/mol. The number of rotatable bonds is 12. The summed E-state index contributed by atoms with van der Waals surface area (Å²) in [5.74, 6) is 0.0236. The van der Waals surface area contributed by atoms with Crippen LogP contribution < -0.4 is 5.32 Å². The summed E-state index contributed by atoms with van der Waals surface area (Å²) >= 11 is 0. The lowest BCUT2D eigenvalue weighted by Crippen LogP contribution is -2.44. The van der Waals surface area contributed by atoms with Crippen molar-refractivity contribution in [2.75, 3.05) is 18.5 Å². The maximum absolute atomic E-state index is 12.2. The minimum atomic E-state index is -0.667. The Kier molecular flexibility index (Phi) is 10.9. The first-order valence-corrected chi connectivity index (χ1v) is 15.0. The van der Waals surface area contributed by atoms with E-state index in [9.17, 15) is 9.90 Å². The summed E-state index contributed by atoms with van der Waals surface area (Å²) in [6.45, 7) is 8.09. The Bertz CT molecular complexity index is 1440. The lowest BCUT2D eigenvalue weighted by atomic mass is 9.89. The van der Waals surface area contributed by atoms with Gasteiger partial charge in [-0.05, 0) is 34.4 Å². The second-order valence-electron chi connectivity index (χ2n) is 11.1. The number of nitrogens with zero attached hydrogens (tertiary/aromatic N) is 1. The molecule has 0 unspecified atom stereocenters. The van der Waals surface area contributed by atoms with Crippen LogP contribution in [0, 0.1) is 5.92 Å². The molecule has 0 aliphatic carbocycles. The number of hydrogen-bond acceptors (Lipinski definition) is 6. The van der Waals surface area contributed by atoms with Crippen molar-refractivity contribution in [3.05, 3.63) is 150 Å².